The third kappa shape index (κ3) is 4.08. The van der Waals surface area contributed by atoms with Gasteiger partial charge in [-0.15, -0.1) is 0 Å². The molecule has 0 aliphatic heterocycles. The molecule has 1 aromatic heterocycles. The third-order valence-electron chi connectivity index (χ3n) is 5.38. The minimum atomic E-state index is -0.183. The normalized spacial score (nSPS) is 15.9. The average Bonchev–Trinajstić information content (AvgIpc) is 3.37. The van der Waals surface area contributed by atoms with Gasteiger partial charge in [0.15, 0.2) is 0 Å². The Hall–Kier alpha value is -2.53. The maximum absolute atomic E-state index is 13.3. The molecule has 0 bridgehead atoms. The predicted molar refractivity (Wildman–Crippen MR) is 103 cm³/mol. The quantitative estimate of drug-likeness (QED) is 0.607. The Labute approximate surface area is 158 Å². The van der Waals surface area contributed by atoms with Crippen LogP contribution in [0, 0.1) is 5.82 Å². The van der Waals surface area contributed by atoms with Crippen LogP contribution in [0.4, 0.5) is 4.39 Å². The van der Waals surface area contributed by atoms with E-state index < -0.39 is 0 Å². The van der Waals surface area contributed by atoms with Crippen LogP contribution in [-0.2, 0) is 12.0 Å². The highest BCUT2D eigenvalue weighted by Gasteiger charge is 2.34. The topological polar surface area (TPSA) is 51.0 Å². The average molecular weight is 365 g/mol. The SMILES string of the molecule is Fc1ccc(C2(NCCCc3nc(-c4ccccc4)no3)CCCC2)cc1. The summed E-state index contributed by atoms with van der Waals surface area (Å²) < 4.78 is 18.7. The van der Waals surface area contributed by atoms with Crippen molar-refractivity contribution >= 4 is 0 Å². The van der Waals surface area contributed by atoms with Gasteiger partial charge in [0.05, 0.1) is 0 Å². The Morgan fingerprint density at radius 3 is 2.48 bits per heavy atom. The number of benzene rings is 2. The number of hydrogen-bond acceptors (Lipinski definition) is 4. The molecule has 1 saturated carbocycles. The monoisotopic (exact) mass is 365 g/mol. The highest BCUT2D eigenvalue weighted by Crippen LogP contribution is 2.38. The maximum Gasteiger partial charge on any atom is 0.227 e. The summed E-state index contributed by atoms with van der Waals surface area (Å²) >= 11 is 0. The van der Waals surface area contributed by atoms with E-state index in [0.717, 1.165) is 37.8 Å². The first-order chi connectivity index (χ1) is 13.3. The lowest BCUT2D eigenvalue weighted by molar-refractivity contribution is 0.330. The number of aryl methyl sites for hydroxylation is 1. The van der Waals surface area contributed by atoms with Gasteiger partial charge in [0, 0.05) is 17.5 Å². The van der Waals surface area contributed by atoms with E-state index in [1.54, 1.807) is 12.1 Å². The van der Waals surface area contributed by atoms with E-state index in [1.165, 1.54) is 18.4 Å². The van der Waals surface area contributed by atoms with Gasteiger partial charge in [0.2, 0.25) is 11.7 Å². The molecule has 4 nitrogen and oxygen atoms in total. The number of hydrogen-bond donors (Lipinski definition) is 1. The summed E-state index contributed by atoms with van der Waals surface area (Å²) in [7, 11) is 0. The van der Waals surface area contributed by atoms with E-state index >= 15 is 0 Å². The van der Waals surface area contributed by atoms with E-state index in [0.29, 0.717) is 11.7 Å². The van der Waals surface area contributed by atoms with Crippen LogP contribution in [-0.4, -0.2) is 16.7 Å². The molecule has 27 heavy (non-hydrogen) atoms. The van der Waals surface area contributed by atoms with Crippen molar-refractivity contribution in [2.75, 3.05) is 6.54 Å². The Morgan fingerprint density at radius 2 is 1.74 bits per heavy atom. The van der Waals surface area contributed by atoms with Crippen LogP contribution in [0.1, 0.15) is 43.6 Å². The Balaban J connectivity index is 1.34. The Kier molecular flexibility index (Phi) is 5.30. The summed E-state index contributed by atoms with van der Waals surface area (Å²) in [6, 6.07) is 16.8. The zero-order valence-electron chi connectivity index (χ0n) is 15.3. The summed E-state index contributed by atoms with van der Waals surface area (Å²) in [5, 5.41) is 7.80. The number of aromatic nitrogens is 2. The Bertz CT molecular complexity index is 855. The van der Waals surface area contributed by atoms with Crippen LogP contribution in [0.5, 0.6) is 0 Å². The molecule has 4 rings (SSSR count). The van der Waals surface area contributed by atoms with Gasteiger partial charge in [0.1, 0.15) is 5.82 Å². The molecule has 0 radical (unpaired) electrons. The van der Waals surface area contributed by atoms with Crippen molar-refractivity contribution in [3.8, 4) is 11.4 Å². The fourth-order valence-electron chi connectivity index (χ4n) is 3.94. The second-order valence-corrected chi connectivity index (χ2v) is 7.20. The van der Waals surface area contributed by atoms with E-state index in [9.17, 15) is 4.39 Å². The van der Waals surface area contributed by atoms with Crippen LogP contribution in [0.25, 0.3) is 11.4 Å². The van der Waals surface area contributed by atoms with Gasteiger partial charge >= 0.3 is 0 Å². The summed E-state index contributed by atoms with van der Waals surface area (Å²) in [6.45, 7) is 0.862. The van der Waals surface area contributed by atoms with Crippen molar-refractivity contribution in [3.05, 3.63) is 71.9 Å². The second kappa shape index (κ2) is 8.01. The summed E-state index contributed by atoms with van der Waals surface area (Å²) in [6.07, 6.45) is 6.25. The van der Waals surface area contributed by atoms with E-state index in [4.69, 9.17) is 4.52 Å². The van der Waals surface area contributed by atoms with Crippen LogP contribution >= 0.6 is 0 Å². The highest BCUT2D eigenvalue weighted by atomic mass is 19.1. The van der Waals surface area contributed by atoms with Gasteiger partial charge in [-0.1, -0.05) is 60.5 Å². The van der Waals surface area contributed by atoms with Gasteiger partial charge in [-0.25, -0.2) is 4.39 Å². The minimum absolute atomic E-state index is 0.0300. The minimum Gasteiger partial charge on any atom is -0.339 e. The molecule has 1 aliphatic carbocycles. The van der Waals surface area contributed by atoms with Crippen LogP contribution < -0.4 is 5.32 Å². The van der Waals surface area contributed by atoms with Gasteiger partial charge in [-0.05, 0) is 43.5 Å². The first-order valence-electron chi connectivity index (χ1n) is 9.64. The molecule has 0 atom stereocenters. The third-order valence-corrected chi connectivity index (χ3v) is 5.38. The smallest absolute Gasteiger partial charge is 0.227 e. The molecule has 1 fully saturated rings. The van der Waals surface area contributed by atoms with Crippen LogP contribution in [0.15, 0.2) is 59.1 Å². The van der Waals surface area contributed by atoms with Crippen molar-refractivity contribution in [2.24, 2.45) is 0 Å². The summed E-state index contributed by atoms with van der Waals surface area (Å²) in [5.74, 6) is 1.12. The fraction of sp³-hybridized carbons (Fsp3) is 0.364. The zero-order chi connectivity index (χ0) is 18.5. The molecule has 5 heteroatoms. The number of nitrogens with one attached hydrogen (secondary N) is 1. The summed E-state index contributed by atoms with van der Waals surface area (Å²) in [5.41, 5.74) is 2.12. The van der Waals surface area contributed by atoms with Crippen molar-refractivity contribution in [3.63, 3.8) is 0 Å². The predicted octanol–water partition coefficient (Wildman–Crippen LogP) is 4.87. The second-order valence-electron chi connectivity index (χ2n) is 7.20. The largest absolute Gasteiger partial charge is 0.339 e. The maximum atomic E-state index is 13.3. The molecule has 0 unspecified atom stereocenters. The first kappa shape index (κ1) is 17.9. The molecule has 3 aromatic rings. The summed E-state index contributed by atoms with van der Waals surface area (Å²) in [4.78, 5) is 4.49. The number of rotatable bonds is 7. The van der Waals surface area contributed by atoms with Crippen LogP contribution in [0.2, 0.25) is 0 Å². The lowest BCUT2D eigenvalue weighted by atomic mass is 9.88. The number of halogens is 1. The first-order valence-corrected chi connectivity index (χ1v) is 9.64. The van der Waals surface area contributed by atoms with Crippen molar-refractivity contribution in [1.82, 2.24) is 15.5 Å². The Morgan fingerprint density at radius 1 is 1.00 bits per heavy atom. The molecule has 1 aliphatic rings. The number of nitrogens with zero attached hydrogens (tertiary/aromatic N) is 2. The molecule has 140 valence electrons. The van der Waals surface area contributed by atoms with E-state index in [1.807, 2.05) is 42.5 Å². The van der Waals surface area contributed by atoms with Gasteiger partial charge in [-0.3, -0.25) is 0 Å². The lowest BCUT2D eigenvalue weighted by Gasteiger charge is -2.31. The van der Waals surface area contributed by atoms with Gasteiger partial charge in [0.25, 0.3) is 0 Å². The standard InChI is InChI=1S/C22H24FN3O/c23-19-12-10-18(11-13-19)22(14-4-5-15-22)24-16-6-9-20-25-21(26-27-20)17-7-2-1-3-8-17/h1-3,7-8,10-13,24H,4-6,9,14-16H2. The molecule has 0 saturated heterocycles. The molecule has 1 heterocycles. The van der Waals surface area contributed by atoms with Crippen molar-refractivity contribution in [1.29, 1.82) is 0 Å². The van der Waals surface area contributed by atoms with Crippen molar-refractivity contribution in [2.45, 2.75) is 44.1 Å². The van der Waals surface area contributed by atoms with E-state index in [-0.39, 0.29) is 11.4 Å². The van der Waals surface area contributed by atoms with Crippen LogP contribution in [0.3, 0.4) is 0 Å². The highest BCUT2D eigenvalue weighted by molar-refractivity contribution is 5.53. The molecule has 0 amide bonds. The fourth-order valence-corrected chi connectivity index (χ4v) is 3.94. The molecule has 2 aromatic carbocycles. The molecule has 0 spiro atoms. The zero-order valence-corrected chi connectivity index (χ0v) is 15.3. The van der Waals surface area contributed by atoms with Gasteiger partial charge < -0.3 is 9.84 Å². The molecule has 1 N–H and O–H groups in total. The van der Waals surface area contributed by atoms with Gasteiger partial charge in [-0.2, -0.15) is 4.98 Å². The molecular formula is C22H24FN3O. The van der Waals surface area contributed by atoms with Crippen molar-refractivity contribution < 1.29 is 8.91 Å². The molecular weight excluding hydrogens is 341 g/mol. The lowest BCUT2D eigenvalue weighted by Crippen LogP contribution is -2.40. The van der Waals surface area contributed by atoms with E-state index in [2.05, 4.69) is 15.5 Å².